The van der Waals surface area contributed by atoms with E-state index in [4.69, 9.17) is 0 Å². The lowest BCUT2D eigenvalue weighted by Gasteiger charge is -2.10. The standard InChI is InChI=1S/C11H10F4N2O4/c1-19-11(18)17-16-5-6-2-3-7(20-9(12)13)4-8(6)21-10(14)15/h2-5,9-10H,1H3,(H,17,18). The molecule has 1 aromatic rings. The van der Waals surface area contributed by atoms with Gasteiger partial charge in [0.1, 0.15) is 11.5 Å². The monoisotopic (exact) mass is 310 g/mol. The second kappa shape index (κ2) is 7.92. The molecule has 0 atom stereocenters. The normalized spacial score (nSPS) is 11.0. The molecule has 0 aliphatic carbocycles. The number of nitrogens with one attached hydrogen (secondary N) is 1. The number of hydrogen-bond acceptors (Lipinski definition) is 5. The lowest BCUT2D eigenvalue weighted by molar-refractivity contribution is -0.0543. The van der Waals surface area contributed by atoms with Gasteiger partial charge in [0.15, 0.2) is 0 Å². The third kappa shape index (κ3) is 5.97. The summed E-state index contributed by atoms with van der Waals surface area (Å²) < 4.78 is 61.0. The maximum absolute atomic E-state index is 12.3. The molecule has 0 aliphatic heterocycles. The SMILES string of the molecule is COC(=O)NN=Cc1ccc(OC(F)F)cc1OC(F)F. The van der Waals surface area contributed by atoms with Crippen LogP contribution in [0, 0.1) is 0 Å². The van der Waals surface area contributed by atoms with Crippen LogP contribution in [-0.2, 0) is 4.74 Å². The third-order valence-corrected chi connectivity index (χ3v) is 1.97. The van der Waals surface area contributed by atoms with Gasteiger partial charge >= 0.3 is 19.3 Å². The number of hydrazone groups is 1. The Labute approximate surface area is 116 Å². The van der Waals surface area contributed by atoms with Gasteiger partial charge < -0.3 is 14.2 Å². The summed E-state index contributed by atoms with van der Waals surface area (Å²) in [6.45, 7) is -6.28. The van der Waals surface area contributed by atoms with Crippen LogP contribution in [0.15, 0.2) is 23.3 Å². The lowest BCUT2D eigenvalue weighted by Crippen LogP contribution is -2.17. The number of methoxy groups -OCH3 is 1. The average molecular weight is 310 g/mol. The van der Waals surface area contributed by atoms with E-state index in [1.807, 2.05) is 5.43 Å². The summed E-state index contributed by atoms with van der Waals surface area (Å²) in [5.74, 6) is -0.808. The molecule has 1 rings (SSSR count). The van der Waals surface area contributed by atoms with Gasteiger partial charge in [0.05, 0.1) is 13.3 Å². The van der Waals surface area contributed by atoms with E-state index >= 15 is 0 Å². The van der Waals surface area contributed by atoms with Gasteiger partial charge in [-0.05, 0) is 12.1 Å². The van der Waals surface area contributed by atoms with Crippen LogP contribution >= 0.6 is 0 Å². The molecule has 1 amide bonds. The van der Waals surface area contributed by atoms with Crippen LogP contribution in [0.2, 0.25) is 0 Å². The van der Waals surface area contributed by atoms with Gasteiger partial charge in [0.25, 0.3) is 0 Å². The maximum Gasteiger partial charge on any atom is 0.427 e. The third-order valence-electron chi connectivity index (χ3n) is 1.97. The molecule has 6 nitrogen and oxygen atoms in total. The van der Waals surface area contributed by atoms with Crippen molar-refractivity contribution in [1.82, 2.24) is 5.43 Å². The Morgan fingerprint density at radius 1 is 1.24 bits per heavy atom. The minimum Gasteiger partial charge on any atom is -0.452 e. The minimum atomic E-state index is -3.17. The fourth-order valence-electron chi connectivity index (χ4n) is 1.20. The van der Waals surface area contributed by atoms with E-state index in [-0.39, 0.29) is 11.3 Å². The Kier molecular flexibility index (Phi) is 6.24. The van der Waals surface area contributed by atoms with E-state index in [0.29, 0.717) is 0 Å². The molecular formula is C11H10F4N2O4. The molecule has 21 heavy (non-hydrogen) atoms. The fraction of sp³-hybridized carbons (Fsp3) is 0.273. The molecule has 0 radical (unpaired) electrons. The molecule has 0 fully saturated rings. The number of carbonyl (C=O) groups excluding carboxylic acids is 1. The molecule has 0 unspecified atom stereocenters. The predicted molar refractivity (Wildman–Crippen MR) is 62.8 cm³/mol. The molecule has 116 valence electrons. The molecule has 0 bridgehead atoms. The first-order valence-electron chi connectivity index (χ1n) is 5.33. The van der Waals surface area contributed by atoms with Crippen LogP contribution in [-0.4, -0.2) is 32.6 Å². The number of amides is 1. The minimum absolute atomic E-state index is 0.00770. The number of alkyl halides is 4. The zero-order chi connectivity index (χ0) is 15.8. The van der Waals surface area contributed by atoms with Crippen molar-refractivity contribution < 1.29 is 36.6 Å². The van der Waals surface area contributed by atoms with E-state index in [2.05, 4.69) is 19.3 Å². The molecule has 10 heteroatoms. The number of rotatable bonds is 6. The predicted octanol–water partition coefficient (Wildman–Crippen LogP) is 2.58. The first-order chi connectivity index (χ1) is 9.92. The highest BCUT2D eigenvalue weighted by Gasteiger charge is 2.12. The van der Waals surface area contributed by atoms with Crippen molar-refractivity contribution in [1.29, 1.82) is 0 Å². The van der Waals surface area contributed by atoms with Gasteiger partial charge in [0, 0.05) is 11.6 Å². The number of benzene rings is 1. The molecule has 1 aromatic carbocycles. The molecule has 1 N–H and O–H groups in total. The fourth-order valence-corrected chi connectivity index (χ4v) is 1.20. The van der Waals surface area contributed by atoms with Gasteiger partial charge in [-0.15, -0.1) is 0 Å². The Morgan fingerprint density at radius 2 is 1.90 bits per heavy atom. The number of ether oxygens (including phenoxy) is 3. The van der Waals surface area contributed by atoms with Crippen molar-refractivity contribution >= 4 is 12.3 Å². The Hall–Kier alpha value is -2.52. The van der Waals surface area contributed by atoms with Crippen molar-refractivity contribution in [3.63, 3.8) is 0 Å². The second-order valence-electron chi connectivity index (χ2n) is 3.32. The number of nitrogens with zero attached hydrogens (tertiary/aromatic N) is 1. The summed E-state index contributed by atoms with van der Waals surface area (Å²) in [6.07, 6.45) is 0.0982. The Balaban J connectivity index is 2.93. The molecule has 0 saturated carbocycles. The topological polar surface area (TPSA) is 69.2 Å². The molecule has 0 saturated heterocycles. The van der Waals surface area contributed by atoms with Gasteiger partial charge in [-0.2, -0.15) is 22.7 Å². The van der Waals surface area contributed by atoms with E-state index in [1.165, 1.54) is 0 Å². The molecule has 0 aromatic heterocycles. The average Bonchev–Trinajstić information content (AvgIpc) is 2.39. The van der Waals surface area contributed by atoms with Crippen LogP contribution in [0.1, 0.15) is 5.56 Å². The molecule has 0 spiro atoms. The van der Waals surface area contributed by atoms with Crippen molar-refractivity contribution in [3.8, 4) is 11.5 Å². The van der Waals surface area contributed by atoms with E-state index in [0.717, 1.165) is 31.5 Å². The highest BCUT2D eigenvalue weighted by molar-refractivity contribution is 5.84. The van der Waals surface area contributed by atoms with Crippen molar-refractivity contribution in [3.05, 3.63) is 23.8 Å². The lowest BCUT2D eigenvalue weighted by atomic mass is 10.2. The van der Waals surface area contributed by atoms with Gasteiger partial charge in [0.2, 0.25) is 0 Å². The Morgan fingerprint density at radius 3 is 2.48 bits per heavy atom. The summed E-state index contributed by atoms with van der Waals surface area (Å²) in [5.41, 5.74) is 1.93. The molecular weight excluding hydrogens is 300 g/mol. The number of carbonyl (C=O) groups is 1. The largest absolute Gasteiger partial charge is 0.452 e. The van der Waals surface area contributed by atoms with Crippen LogP contribution in [0.3, 0.4) is 0 Å². The second-order valence-corrected chi connectivity index (χ2v) is 3.32. The van der Waals surface area contributed by atoms with Gasteiger partial charge in [-0.1, -0.05) is 0 Å². The molecule has 0 aliphatic rings. The Bertz CT molecular complexity index is 511. The van der Waals surface area contributed by atoms with Crippen molar-refractivity contribution in [2.75, 3.05) is 7.11 Å². The van der Waals surface area contributed by atoms with Gasteiger partial charge in [-0.3, -0.25) is 0 Å². The van der Waals surface area contributed by atoms with E-state index in [9.17, 15) is 22.4 Å². The van der Waals surface area contributed by atoms with Crippen molar-refractivity contribution in [2.24, 2.45) is 5.10 Å². The quantitative estimate of drug-likeness (QED) is 0.498. The number of hydrogen-bond donors (Lipinski definition) is 1. The first kappa shape index (κ1) is 16.5. The first-order valence-corrected chi connectivity index (χ1v) is 5.33. The summed E-state index contributed by atoms with van der Waals surface area (Å²) in [5, 5.41) is 3.41. The van der Waals surface area contributed by atoms with E-state index in [1.54, 1.807) is 0 Å². The zero-order valence-electron chi connectivity index (χ0n) is 10.6. The van der Waals surface area contributed by atoms with Crippen LogP contribution < -0.4 is 14.9 Å². The van der Waals surface area contributed by atoms with Crippen LogP contribution in [0.5, 0.6) is 11.5 Å². The summed E-state index contributed by atoms with van der Waals surface area (Å²) in [4.78, 5) is 10.7. The molecule has 0 heterocycles. The highest BCUT2D eigenvalue weighted by atomic mass is 19.3. The van der Waals surface area contributed by atoms with Crippen LogP contribution in [0.4, 0.5) is 22.4 Å². The van der Waals surface area contributed by atoms with Crippen LogP contribution in [0.25, 0.3) is 0 Å². The summed E-state index contributed by atoms with van der Waals surface area (Å²) >= 11 is 0. The highest BCUT2D eigenvalue weighted by Crippen LogP contribution is 2.26. The zero-order valence-corrected chi connectivity index (χ0v) is 10.6. The summed E-state index contributed by atoms with van der Waals surface area (Å²) in [6, 6.07) is 3.10. The van der Waals surface area contributed by atoms with E-state index < -0.39 is 25.1 Å². The maximum atomic E-state index is 12.3. The smallest absolute Gasteiger partial charge is 0.427 e. The van der Waals surface area contributed by atoms with Gasteiger partial charge in [-0.25, -0.2) is 10.2 Å². The number of halogens is 4. The van der Waals surface area contributed by atoms with Crippen molar-refractivity contribution in [2.45, 2.75) is 13.2 Å². The summed E-state index contributed by atoms with van der Waals surface area (Å²) in [7, 11) is 1.10.